The molecule has 0 aliphatic carbocycles. The fourth-order valence-corrected chi connectivity index (χ4v) is 3.19. The van der Waals surface area contributed by atoms with Gasteiger partial charge in [0.25, 0.3) is 0 Å². The van der Waals surface area contributed by atoms with Crippen molar-refractivity contribution in [3.63, 3.8) is 0 Å². The van der Waals surface area contributed by atoms with Crippen LogP contribution in [0.4, 0.5) is 20.6 Å². The molecule has 1 fully saturated rings. The third kappa shape index (κ3) is 4.21. The average molecular weight is 389 g/mol. The minimum atomic E-state index is -0.384. The smallest absolute Gasteiger partial charge is 0.321 e. The first-order valence-electron chi connectivity index (χ1n) is 8.92. The van der Waals surface area contributed by atoms with E-state index in [0.29, 0.717) is 49.1 Å². The molecule has 2 amide bonds. The van der Waals surface area contributed by atoms with E-state index in [2.05, 4.69) is 10.2 Å². The molecule has 1 aliphatic heterocycles. The molecule has 1 heterocycles. The number of nitrogens with one attached hydrogen (secondary N) is 1. The van der Waals surface area contributed by atoms with Crippen LogP contribution in [0.1, 0.15) is 0 Å². The summed E-state index contributed by atoms with van der Waals surface area (Å²) in [5.74, 6) is 1.33. The van der Waals surface area contributed by atoms with Gasteiger partial charge in [0, 0.05) is 49.7 Å². The Labute approximate surface area is 163 Å². The van der Waals surface area contributed by atoms with Crippen LogP contribution < -0.4 is 24.4 Å². The SMILES string of the molecule is COc1cc(N2CCN(C(=O)Nc3cccc(F)c3)CC2)cc(OC)c1OC. The number of hydrogen-bond acceptors (Lipinski definition) is 5. The number of anilines is 2. The maximum atomic E-state index is 13.3. The van der Waals surface area contributed by atoms with Gasteiger partial charge in [-0.1, -0.05) is 6.07 Å². The number of piperazine rings is 1. The van der Waals surface area contributed by atoms with Gasteiger partial charge >= 0.3 is 6.03 Å². The van der Waals surface area contributed by atoms with Gasteiger partial charge in [-0.15, -0.1) is 0 Å². The second kappa shape index (κ2) is 8.69. The zero-order valence-corrected chi connectivity index (χ0v) is 16.2. The van der Waals surface area contributed by atoms with E-state index in [1.165, 1.54) is 12.1 Å². The lowest BCUT2D eigenvalue weighted by atomic mass is 10.2. The number of benzene rings is 2. The van der Waals surface area contributed by atoms with Crippen LogP contribution >= 0.6 is 0 Å². The normalized spacial score (nSPS) is 13.9. The van der Waals surface area contributed by atoms with E-state index in [1.807, 2.05) is 12.1 Å². The van der Waals surface area contributed by atoms with E-state index >= 15 is 0 Å². The highest BCUT2D eigenvalue weighted by molar-refractivity contribution is 5.89. The molecule has 7 nitrogen and oxygen atoms in total. The number of methoxy groups -OCH3 is 3. The second-order valence-corrected chi connectivity index (χ2v) is 6.30. The van der Waals surface area contributed by atoms with Gasteiger partial charge in [0.05, 0.1) is 21.3 Å². The van der Waals surface area contributed by atoms with E-state index < -0.39 is 0 Å². The molecule has 0 radical (unpaired) electrons. The Bertz CT molecular complexity index is 813. The van der Waals surface area contributed by atoms with Gasteiger partial charge in [-0.05, 0) is 18.2 Å². The van der Waals surface area contributed by atoms with Crippen molar-refractivity contribution >= 4 is 17.4 Å². The van der Waals surface area contributed by atoms with Crippen molar-refractivity contribution < 1.29 is 23.4 Å². The number of urea groups is 1. The van der Waals surface area contributed by atoms with Crippen molar-refractivity contribution in [2.24, 2.45) is 0 Å². The van der Waals surface area contributed by atoms with Crippen molar-refractivity contribution in [2.45, 2.75) is 0 Å². The van der Waals surface area contributed by atoms with Gasteiger partial charge in [-0.25, -0.2) is 9.18 Å². The van der Waals surface area contributed by atoms with Gasteiger partial charge in [0.1, 0.15) is 5.82 Å². The molecule has 0 bridgehead atoms. The van der Waals surface area contributed by atoms with Gasteiger partial charge < -0.3 is 29.3 Å². The molecule has 1 saturated heterocycles. The predicted molar refractivity (Wildman–Crippen MR) is 105 cm³/mol. The van der Waals surface area contributed by atoms with Crippen LogP contribution in [0.3, 0.4) is 0 Å². The second-order valence-electron chi connectivity index (χ2n) is 6.30. The van der Waals surface area contributed by atoms with Crippen LogP contribution in [0, 0.1) is 5.82 Å². The fourth-order valence-electron chi connectivity index (χ4n) is 3.19. The molecule has 0 spiro atoms. The summed E-state index contributed by atoms with van der Waals surface area (Å²) >= 11 is 0. The largest absolute Gasteiger partial charge is 0.493 e. The molecule has 28 heavy (non-hydrogen) atoms. The number of nitrogens with zero attached hydrogens (tertiary/aromatic N) is 2. The minimum absolute atomic E-state index is 0.241. The van der Waals surface area contributed by atoms with Gasteiger partial charge in [-0.3, -0.25) is 0 Å². The standard InChI is InChI=1S/C20H24FN3O4/c1-26-17-12-16(13-18(27-2)19(17)28-3)23-7-9-24(10-8-23)20(25)22-15-6-4-5-14(21)11-15/h4-6,11-13H,7-10H2,1-3H3,(H,22,25). The van der Waals surface area contributed by atoms with Crippen LogP contribution in [0.2, 0.25) is 0 Å². The van der Waals surface area contributed by atoms with Crippen molar-refractivity contribution in [3.05, 3.63) is 42.2 Å². The number of carbonyl (C=O) groups is 1. The molecule has 8 heteroatoms. The summed E-state index contributed by atoms with van der Waals surface area (Å²) in [4.78, 5) is 16.3. The average Bonchev–Trinajstić information content (AvgIpc) is 2.72. The zero-order chi connectivity index (χ0) is 20.1. The summed E-state index contributed by atoms with van der Waals surface area (Å²) in [7, 11) is 4.72. The van der Waals surface area contributed by atoms with Crippen LogP contribution in [-0.2, 0) is 0 Å². The number of hydrogen-bond donors (Lipinski definition) is 1. The Morgan fingerprint density at radius 1 is 0.964 bits per heavy atom. The van der Waals surface area contributed by atoms with Crippen molar-refractivity contribution in [2.75, 3.05) is 57.7 Å². The summed E-state index contributed by atoms with van der Waals surface area (Å²) in [6.07, 6.45) is 0. The van der Waals surface area contributed by atoms with Crippen molar-refractivity contribution in [1.29, 1.82) is 0 Å². The first-order valence-corrected chi connectivity index (χ1v) is 8.92. The van der Waals surface area contributed by atoms with Gasteiger partial charge in [0.15, 0.2) is 11.5 Å². The molecule has 1 aliphatic rings. The Kier molecular flexibility index (Phi) is 6.08. The third-order valence-electron chi connectivity index (χ3n) is 4.66. The highest BCUT2D eigenvalue weighted by atomic mass is 19.1. The van der Waals surface area contributed by atoms with E-state index in [9.17, 15) is 9.18 Å². The number of amides is 2. The quantitative estimate of drug-likeness (QED) is 0.851. The Morgan fingerprint density at radius 3 is 2.14 bits per heavy atom. The molecule has 1 N–H and O–H groups in total. The lowest BCUT2D eigenvalue weighted by Gasteiger charge is -2.36. The molecule has 2 aromatic carbocycles. The van der Waals surface area contributed by atoms with Gasteiger partial charge in [-0.2, -0.15) is 0 Å². The Balaban J connectivity index is 1.66. The Morgan fingerprint density at radius 2 is 1.61 bits per heavy atom. The fraction of sp³-hybridized carbons (Fsp3) is 0.350. The number of rotatable bonds is 5. The van der Waals surface area contributed by atoms with Crippen LogP contribution in [-0.4, -0.2) is 58.4 Å². The lowest BCUT2D eigenvalue weighted by Crippen LogP contribution is -2.50. The molecule has 0 saturated carbocycles. The molecular weight excluding hydrogens is 365 g/mol. The molecular formula is C20H24FN3O4. The van der Waals surface area contributed by atoms with E-state index in [0.717, 1.165) is 5.69 Å². The molecule has 0 aromatic heterocycles. The molecule has 150 valence electrons. The summed E-state index contributed by atoms with van der Waals surface area (Å²) in [5.41, 5.74) is 1.37. The van der Waals surface area contributed by atoms with Crippen LogP contribution in [0.25, 0.3) is 0 Å². The van der Waals surface area contributed by atoms with E-state index in [1.54, 1.807) is 38.4 Å². The summed E-state index contributed by atoms with van der Waals surface area (Å²) in [5, 5.41) is 2.73. The maximum absolute atomic E-state index is 13.3. The topological polar surface area (TPSA) is 63.3 Å². The predicted octanol–water partition coefficient (Wildman–Crippen LogP) is 3.21. The highest BCUT2D eigenvalue weighted by Gasteiger charge is 2.23. The first-order chi connectivity index (χ1) is 13.5. The minimum Gasteiger partial charge on any atom is -0.493 e. The summed E-state index contributed by atoms with van der Waals surface area (Å²) in [6, 6.07) is 9.40. The number of halogens is 1. The summed E-state index contributed by atoms with van der Waals surface area (Å²) in [6.45, 7) is 2.38. The number of carbonyl (C=O) groups excluding carboxylic acids is 1. The van der Waals surface area contributed by atoms with E-state index in [4.69, 9.17) is 14.2 Å². The zero-order valence-electron chi connectivity index (χ0n) is 16.2. The third-order valence-corrected chi connectivity index (χ3v) is 4.66. The Hall–Kier alpha value is -3.16. The molecule has 0 unspecified atom stereocenters. The monoisotopic (exact) mass is 389 g/mol. The molecule has 3 rings (SSSR count). The van der Waals surface area contributed by atoms with E-state index in [-0.39, 0.29) is 11.8 Å². The van der Waals surface area contributed by atoms with Crippen molar-refractivity contribution in [3.8, 4) is 17.2 Å². The summed E-state index contributed by atoms with van der Waals surface area (Å²) < 4.78 is 29.5. The molecule has 0 atom stereocenters. The highest BCUT2D eigenvalue weighted by Crippen LogP contribution is 2.41. The van der Waals surface area contributed by atoms with Crippen LogP contribution in [0.5, 0.6) is 17.2 Å². The molecule has 2 aromatic rings. The van der Waals surface area contributed by atoms with Gasteiger partial charge in [0.2, 0.25) is 5.75 Å². The van der Waals surface area contributed by atoms with Crippen LogP contribution in [0.15, 0.2) is 36.4 Å². The lowest BCUT2D eigenvalue weighted by molar-refractivity contribution is 0.208. The number of ether oxygens (including phenoxy) is 3. The first kappa shape index (κ1) is 19.6. The maximum Gasteiger partial charge on any atom is 0.321 e. The van der Waals surface area contributed by atoms with Crippen molar-refractivity contribution in [1.82, 2.24) is 4.90 Å².